The lowest BCUT2D eigenvalue weighted by molar-refractivity contribution is -0.122. The van der Waals surface area contributed by atoms with Crippen LogP contribution in [0.15, 0.2) is 24.3 Å². The van der Waals surface area contributed by atoms with Crippen molar-refractivity contribution >= 4 is 11.7 Å². The first-order valence-electron chi connectivity index (χ1n) is 7.38. The van der Waals surface area contributed by atoms with E-state index in [1.807, 2.05) is 0 Å². The molecule has 0 aromatic heterocycles. The second-order valence-corrected chi connectivity index (χ2v) is 5.53. The number of carbonyl (C=O) groups excluding carboxylic acids is 2. The molecule has 0 heterocycles. The van der Waals surface area contributed by atoms with Gasteiger partial charge < -0.3 is 11.1 Å². The summed E-state index contributed by atoms with van der Waals surface area (Å²) < 4.78 is 12.8. The Kier molecular flexibility index (Phi) is 5.44. The number of ketones is 1. The molecular formula is C16H21FN2O2. The Bertz CT molecular complexity index is 502. The lowest BCUT2D eigenvalue weighted by Gasteiger charge is -2.19. The van der Waals surface area contributed by atoms with Crippen LogP contribution in [0.25, 0.3) is 0 Å². The minimum atomic E-state index is -0.377. The van der Waals surface area contributed by atoms with E-state index >= 15 is 0 Å². The molecular weight excluding hydrogens is 271 g/mol. The number of Topliss-reactive ketones (excluding diaryl/α,β-unsaturated/α-hetero) is 1. The zero-order valence-electron chi connectivity index (χ0n) is 12.0. The van der Waals surface area contributed by atoms with Gasteiger partial charge in [-0.3, -0.25) is 9.59 Å². The Labute approximate surface area is 123 Å². The van der Waals surface area contributed by atoms with Crippen molar-refractivity contribution in [3.05, 3.63) is 35.6 Å². The van der Waals surface area contributed by atoms with Crippen molar-refractivity contribution in [3.8, 4) is 0 Å². The first-order chi connectivity index (χ1) is 10.1. The smallest absolute Gasteiger partial charge is 0.220 e. The standard InChI is InChI=1S/C16H21FN2O2/c17-13-6-4-11(5-7-13)15(20)8-9-16(21)19-14-3-1-2-12(14)10-18/h4-7,12,14H,1-3,8-10,18H2,(H,19,21). The van der Waals surface area contributed by atoms with Crippen LogP contribution in [0.1, 0.15) is 42.5 Å². The van der Waals surface area contributed by atoms with Gasteiger partial charge in [-0.15, -0.1) is 0 Å². The maximum absolute atomic E-state index is 12.8. The van der Waals surface area contributed by atoms with Crippen molar-refractivity contribution < 1.29 is 14.0 Å². The van der Waals surface area contributed by atoms with E-state index in [1.165, 1.54) is 24.3 Å². The van der Waals surface area contributed by atoms with Crippen molar-refractivity contribution in [2.24, 2.45) is 11.7 Å². The highest BCUT2D eigenvalue weighted by Crippen LogP contribution is 2.24. The summed E-state index contributed by atoms with van der Waals surface area (Å²) in [6.45, 7) is 0.583. The van der Waals surface area contributed by atoms with Crippen LogP contribution >= 0.6 is 0 Å². The lowest BCUT2D eigenvalue weighted by Crippen LogP contribution is -2.39. The summed E-state index contributed by atoms with van der Waals surface area (Å²) in [5.41, 5.74) is 6.11. The van der Waals surface area contributed by atoms with E-state index in [-0.39, 0.29) is 36.4 Å². The monoisotopic (exact) mass is 292 g/mol. The molecule has 1 aliphatic rings. The number of benzene rings is 1. The lowest BCUT2D eigenvalue weighted by atomic mass is 10.0. The van der Waals surface area contributed by atoms with E-state index in [0.29, 0.717) is 18.0 Å². The fourth-order valence-electron chi connectivity index (χ4n) is 2.80. The number of halogens is 1. The Morgan fingerprint density at radius 1 is 1.19 bits per heavy atom. The number of hydrogen-bond donors (Lipinski definition) is 2. The molecule has 0 saturated heterocycles. The van der Waals surface area contributed by atoms with E-state index in [9.17, 15) is 14.0 Å². The quantitative estimate of drug-likeness (QED) is 0.788. The minimum Gasteiger partial charge on any atom is -0.353 e. The fraction of sp³-hybridized carbons (Fsp3) is 0.500. The zero-order chi connectivity index (χ0) is 15.2. The Morgan fingerprint density at radius 3 is 2.57 bits per heavy atom. The molecule has 2 atom stereocenters. The van der Waals surface area contributed by atoms with Crippen molar-refractivity contribution in [3.63, 3.8) is 0 Å². The molecule has 4 nitrogen and oxygen atoms in total. The normalized spacial score (nSPS) is 21.2. The van der Waals surface area contributed by atoms with Gasteiger partial charge >= 0.3 is 0 Å². The number of amides is 1. The Hall–Kier alpha value is -1.75. The van der Waals surface area contributed by atoms with E-state index in [2.05, 4.69) is 5.32 Å². The van der Waals surface area contributed by atoms with Crippen molar-refractivity contribution in [2.45, 2.75) is 38.1 Å². The number of rotatable bonds is 6. The third-order valence-corrected chi connectivity index (χ3v) is 4.05. The summed E-state index contributed by atoms with van der Waals surface area (Å²) >= 11 is 0. The molecule has 1 aliphatic carbocycles. The van der Waals surface area contributed by atoms with Crippen molar-refractivity contribution in [1.82, 2.24) is 5.32 Å². The highest BCUT2D eigenvalue weighted by Gasteiger charge is 2.27. The summed E-state index contributed by atoms with van der Waals surface area (Å²) in [5.74, 6) is -0.289. The maximum atomic E-state index is 12.8. The summed E-state index contributed by atoms with van der Waals surface area (Å²) in [6.07, 6.45) is 3.39. The molecule has 5 heteroatoms. The van der Waals surface area contributed by atoms with Crippen LogP contribution in [-0.2, 0) is 4.79 Å². The van der Waals surface area contributed by atoms with Crippen LogP contribution in [0, 0.1) is 11.7 Å². The van der Waals surface area contributed by atoms with Crippen LogP contribution in [0.5, 0.6) is 0 Å². The number of carbonyl (C=O) groups is 2. The highest BCUT2D eigenvalue weighted by atomic mass is 19.1. The molecule has 0 bridgehead atoms. The molecule has 1 fully saturated rings. The predicted octanol–water partition coefficient (Wildman–Crippen LogP) is 2.03. The third-order valence-electron chi connectivity index (χ3n) is 4.05. The molecule has 2 unspecified atom stereocenters. The van der Waals surface area contributed by atoms with Gasteiger partial charge in [-0.05, 0) is 49.6 Å². The van der Waals surface area contributed by atoms with Gasteiger partial charge in [-0.2, -0.15) is 0 Å². The van der Waals surface area contributed by atoms with E-state index in [0.717, 1.165) is 19.3 Å². The third kappa shape index (κ3) is 4.36. The molecule has 1 amide bonds. The molecule has 1 aromatic rings. The highest BCUT2D eigenvalue weighted by molar-refractivity contribution is 5.97. The first-order valence-corrected chi connectivity index (χ1v) is 7.38. The van der Waals surface area contributed by atoms with Crippen molar-refractivity contribution in [2.75, 3.05) is 6.54 Å². The van der Waals surface area contributed by atoms with E-state index in [4.69, 9.17) is 5.73 Å². The van der Waals surface area contributed by atoms with Crippen LogP contribution in [0.4, 0.5) is 4.39 Å². The van der Waals surface area contributed by atoms with Gasteiger partial charge in [-0.25, -0.2) is 4.39 Å². The van der Waals surface area contributed by atoms with Crippen molar-refractivity contribution in [1.29, 1.82) is 0 Å². The number of hydrogen-bond acceptors (Lipinski definition) is 3. The van der Waals surface area contributed by atoms with Gasteiger partial charge in [0.1, 0.15) is 5.82 Å². The van der Waals surface area contributed by atoms with Crippen LogP contribution in [-0.4, -0.2) is 24.3 Å². The van der Waals surface area contributed by atoms with Crippen LogP contribution < -0.4 is 11.1 Å². The predicted molar refractivity (Wildman–Crippen MR) is 78.3 cm³/mol. The minimum absolute atomic E-state index is 0.115. The molecule has 2 rings (SSSR count). The second-order valence-electron chi connectivity index (χ2n) is 5.53. The molecule has 0 spiro atoms. The largest absolute Gasteiger partial charge is 0.353 e. The summed E-state index contributed by atoms with van der Waals surface area (Å²) in [4.78, 5) is 23.8. The molecule has 1 saturated carbocycles. The molecule has 1 aromatic carbocycles. The average molecular weight is 292 g/mol. The van der Waals surface area contributed by atoms with E-state index in [1.54, 1.807) is 0 Å². The molecule has 21 heavy (non-hydrogen) atoms. The second kappa shape index (κ2) is 7.31. The molecule has 0 radical (unpaired) electrons. The number of nitrogens with one attached hydrogen (secondary N) is 1. The summed E-state index contributed by atoms with van der Waals surface area (Å²) in [7, 11) is 0. The van der Waals surface area contributed by atoms with Crippen LogP contribution in [0.2, 0.25) is 0 Å². The number of nitrogens with two attached hydrogens (primary N) is 1. The maximum Gasteiger partial charge on any atom is 0.220 e. The van der Waals surface area contributed by atoms with E-state index < -0.39 is 0 Å². The van der Waals surface area contributed by atoms with Gasteiger partial charge in [0.15, 0.2) is 5.78 Å². The van der Waals surface area contributed by atoms with Crippen LogP contribution in [0.3, 0.4) is 0 Å². The first kappa shape index (κ1) is 15.6. The van der Waals surface area contributed by atoms with Gasteiger partial charge in [-0.1, -0.05) is 6.42 Å². The fourth-order valence-corrected chi connectivity index (χ4v) is 2.80. The Balaban J connectivity index is 1.78. The topological polar surface area (TPSA) is 72.2 Å². The SMILES string of the molecule is NCC1CCCC1NC(=O)CCC(=O)c1ccc(F)cc1. The van der Waals surface area contributed by atoms with Gasteiger partial charge in [0, 0.05) is 24.4 Å². The van der Waals surface area contributed by atoms with Gasteiger partial charge in [0.05, 0.1) is 0 Å². The summed E-state index contributed by atoms with van der Waals surface area (Å²) in [6, 6.07) is 5.52. The van der Waals surface area contributed by atoms with Gasteiger partial charge in [0.2, 0.25) is 5.91 Å². The molecule has 0 aliphatic heterocycles. The van der Waals surface area contributed by atoms with Gasteiger partial charge in [0.25, 0.3) is 0 Å². The summed E-state index contributed by atoms with van der Waals surface area (Å²) in [5, 5.41) is 2.96. The average Bonchev–Trinajstić information content (AvgIpc) is 2.92. The molecule has 3 N–H and O–H groups in total. The Morgan fingerprint density at radius 2 is 1.90 bits per heavy atom. The molecule has 114 valence electrons. The zero-order valence-corrected chi connectivity index (χ0v) is 12.0.